The molecule has 1 saturated carbocycles. The average molecular weight is 424 g/mol. The number of hydrogen-bond acceptors (Lipinski definition) is 4. The minimum Gasteiger partial charge on any atom is -0.354 e. The van der Waals surface area contributed by atoms with Crippen LogP contribution in [0.25, 0.3) is 0 Å². The van der Waals surface area contributed by atoms with E-state index in [1.165, 1.54) is 36.3 Å². The number of sulfonamides is 1. The van der Waals surface area contributed by atoms with Crippen molar-refractivity contribution in [2.45, 2.75) is 56.5 Å². The van der Waals surface area contributed by atoms with Crippen LogP contribution in [0.2, 0.25) is 0 Å². The highest BCUT2D eigenvalue weighted by atomic mass is 32.2. The number of hydrogen-bond donors (Lipinski definition) is 3. The Morgan fingerprint density at radius 1 is 1.24 bits per heavy atom. The molecule has 0 saturated heterocycles. The van der Waals surface area contributed by atoms with E-state index >= 15 is 0 Å². The van der Waals surface area contributed by atoms with E-state index in [4.69, 9.17) is 5.14 Å². The fourth-order valence-corrected chi connectivity index (χ4v) is 3.93. The number of carbonyl (C=O) groups is 1. The van der Waals surface area contributed by atoms with Crippen molar-refractivity contribution in [3.63, 3.8) is 0 Å². The molecule has 2 rings (SSSR count). The summed E-state index contributed by atoms with van der Waals surface area (Å²) in [5.74, 6) is 1.28. The zero-order chi connectivity index (χ0) is 21.4. The molecule has 8 nitrogen and oxygen atoms in total. The highest BCUT2D eigenvalue weighted by Crippen LogP contribution is 2.26. The molecule has 0 radical (unpaired) electrons. The van der Waals surface area contributed by atoms with Gasteiger partial charge in [-0.3, -0.25) is 4.79 Å². The molecule has 1 aromatic rings. The molecule has 1 amide bonds. The van der Waals surface area contributed by atoms with E-state index in [9.17, 15) is 13.2 Å². The summed E-state index contributed by atoms with van der Waals surface area (Å²) < 4.78 is 22.8. The van der Waals surface area contributed by atoms with E-state index in [-0.39, 0.29) is 17.3 Å². The van der Waals surface area contributed by atoms with Crippen LogP contribution in [0.1, 0.15) is 44.6 Å². The maximum absolute atomic E-state index is 12.0. The molecule has 1 aliphatic carbocycles. The molecule has 0 spiro atoms. The number of carbonyl (C=O) groups excluding carboxylic acids is 1. The maximum atomic E-state index is 12.0. The molecule has 162 valence electrons. The van der Waals surface area contributed by atoms with Crippen LogP contribution in [0.4, 0.5) is 0 Å². The summed E-state index contributed by atoms with van der Waals surface area (Å²) in [7, 11) is -0.274. The zero-order valence-electron chi connectivity index (χ0n) is 17.5. The van der Waals surface area contributed by atoms with Gasteiger partial charge in [-0.1, -0.05) is 38.3 Å². The van der Waals surface area contributed by atoms with Crippen LogP contribution in [-0.4, -0.2) is 51.9 Å². The van der Waals surface area contributed by atoms with Crippen molar-refractivity contribution in [2.24, 2.45) is 16.0 Å². The van der Waals surface area contributed by atoms with E-state index in [0.717, 1.165) is 24.3 Å². The quantitative estimate of drug-likeness (QED) is 0.453. The minimum absolute atomic E-state index is 0.0351. The Morgan fingerprint density at radius 2 is 1.93 bits per heavy atom. The normalized spacial score (nSPS) is 20.2. The fraction of sp³-hybridized carbons (Fsp3) is 0.600. The van der Waals surface area contributed by atoms with Crippen LogP contribution in [0.3, 0.4) is 0 Å². The predicted molar refractivity (Wildman–Crippen MR) is 115 cm³/mol. The lowest BCUT2D eigenvalue weighted by molar-refractivity contribution is -0.127. The summed E-state index contributed by atoms with van der Waals surface area (Å²) in [6.45, 7) is 2.74. The largest absolute Gasteiger partial charge is 0.354 e. The first-order chi connectivity index (χ1) is 13.7. The van der Waals surface area contributed by atoms with Gasteiger partial charge in [0.2, 0.25) is 15.9 Å². The molecule has 2 unspecified atom stereocenters. The molecule has 29 heavy (non-hydrogen) atoms. The third-order valence-electron chi connectivity index (χ3n) is 5.28. The number of rotatable bonds is 7. The number of likely N-dealkylation sites (N-methyl/N-ethyl adjacent to an activating group) is 1. The van der Waals surface area contributed by atoms with Crippen LogP contribution in [-0.2, 0) is 21.4 Å². The number of aliphatic imine (C=N–C) groups is 1. The Bertz CT molecular complexity index is 806. The molecule has 0 bridgehead atoms. The second kappa shape index (κ2) is 10.6. The highest BCUT2D eigenvalue weighted by Gasteiger charge is 2.21. The number of amides is 1. The number of nitrogens with one attached hydrogen (secondary N) is 2. The van der Waals surface area contributed by atoms with E-state index in [1.807, 2.05) is 0 Å². The monoisotopic (exact) mass is 423 g/mol. The van der Waals surface area contributed by atoms with Gasteiger partial charge >= 0.3 is 0 Å². The third kappa shape index (κ3) is 7.66. The summed E-state index contributed by atoms with van der Waals surface area (Å²) in [6, 6.07) is 6.67. The molecule has 1 aliphatic rings. The molecule has 0 aliphatic heterocycles. The van der Waals surface area contributed by atoms with Crippen LogP contribution in [0, 0.1) is 5.92 Å². The molecular weight excluding hydrogens is 390 g/mol. The molecule has 4 N–H and O–H groups in total. The first kappa shape index (κ1) is 23.2. The topological polar surface area (TPSA) is 117 Å². The summed E-state index contributed by atoms with van der Waals surface area (Å²) >= 11 is 0. The molecule has 1 aromatic carbocycles. The molecule has 2 atom stereocenters. The summed E-state index contributed by atoms with van der Waals surface area (Å²) in [6.07, 6.45) is 5.82. The number of nitrogens with zero attached hydrogens (tertiary/aromatic N) is 2. The molecule has 0 heterocycles. The Morgan fingerprint density at radius 3 is 2.52 bits per heavy atom. The van der Waals surface area contributed by atoms with E-state index < -0.39 is 10.0 Å². The molecule has 0 aromatic heterocycles. The van der Waals surface area contributed by atoms with E-state index in [1.54, 1.807) is 26.2 Å². The molecule has 1 fully saturated rings. The fourth-order valence-electron chi connectivity index (χ4n) is 3.41. The van der Waals surface area contributed by atoms with E-state index in [0.29, 0.717) is 18.5 Å². The third-order valence-corrected chi connectivity index (χ3v) is 6.21. The van der Waals surface area contributed by atoms with Gasteiger partial charge in [0.25, 0.3) is 0 Å². The van der Waals surface area contributed by atoms with Crippen LogP contribution in [0.15, 0.2) is 34.2 Å². The van der Waals surface area contributed by atoms with Crippen molar-refractivity contribution in [3.8, 4) is 0 Å². The predicted octanol–water partition coefficient (Wildman–Crippen LogP) is 1.43. The Labute approximate surface area is 174 Å². The smallest absolute Gasteiger partial charge is 0.241 e. The van der Waals surface area contributed by atoms with Gasteiger partial charge in [0, 0.05) is 20.1 Å². The van der Waals surface area contributed by atoms with Crippen molar-refractivity contribution in [1.29, 1.82) is 0 Å². The van der Waals surface area contributed by atoms with Gasteiger partial charge < -0.3 is 15.5 Å². The second-order valence-corrected chi connectivity index (χ2v) is 9.34. The van der Waals surface area contributed by atoms with Crippen LogP contribution < -0.4 is 15.8 Å². The van der Waals surface area contributed by atoms with Gasteiger partial charge in [0.1, 0.15) is 0 Å². The Hall–Kier alpha value is -2.13. The lowest BCUT2D eigenvalue weighted by atomic mass is 9.84. The number of benzene rings is 1. The van der Waals surface area contributed by atoms with E-state index in [2.05, 4.69) is 22.5 Å². The van der Waals surface area contributed by atoms with Crippen LogP contribution in [0.5, 0.6) is 0 Å². The van der Waals surface area contributed by atoms with Gasteiger partial charge in [0.05, 0.1) is 18.0 Å². The van der Waals surface area contributed by atoms with Crippen molar-refractivity contribution in [3.05, 3.63) is 29.8 Å². The number of guanidine groups is 1. The average Bonchev–Trinajstić information content (AvgIpc) is 2.69. The van der Waals surface area contributed by atoms with Gasteiger partial charge in [-0.15, -0.1) is 0 Å². The molecule has 9 heteroatoms. The van der Waals surface area contributed by atoms with Gasteiger partial charge in [-0.25, -0.2) is 18.5 Å². The lowest BCUT2D eigenvalue weighted by Crippen LogP contribution is -2.48. The lowest BCUT2D eigenvalue weighted by Gasteiger charge is -2.30. The zero-order valence-corrected chi connectivity index (χ0v) is 18.3. The molecular formula is C20H33N5O3S. The first-order valence-electron chi connectivity index (χ1n) is 10.1. The summed E-state index contributed by atoms with van der Waals surface area (Å²) in [5.41, 5.74) is 0.854. The summed E-state index contributed by atoms with van der Waals surface area (Å²) in [4.78, 5) is 18.2. The first-order valence-corrected chi connectivity index (χ1v) is 11.6. The standard InChI is InChI=1S/C20H33N5O3S/c1-4-15-6-5-7-17(12-15)24-20(23-14-19(26)25(2)3)22-13-16-8-10-18(11-9-16)29(21,27)28/h8-11,15,17H,4-7,12-14H2,1-3H3,(H2,21,27,28)(H2,22,23,24). The summed E-state index contributed by atoms with van der Waals surface area (Å²) in [5, 5.41) is 11.7. The van der Waals surface area contributed by atoms with Crippen molar-refractivity contribution in [2.75, 3.05) is 20.6 Å². The van der Waals surface area contributed by atoms with Gasteiger partial charge in [-0.2, -0.15) is 0 Å². The van der Waals surface area contributed by atoms with Crippen molar-refractivity contribution in [1.82, 2.24) is 15.5 Å². The van der Waals surface area contributed by atoms with Gasteiger partial charge in [0.15, 0.2) is 5.96 Å². The van der Waals surface area contributed by atoms with Crippen molar-refractivity contribution >= 4 is 21.9 Å². The maximum Gasteiger partial charge on any atom is 0.241 e. The second-order valence-electron chi connectivity index (χ2n) is 7.78. The number of primary sulfonamides is 1. The Balaban J connectivity index is 2.07. The van der Waals surface area contributed by atoms with Crippen LogP contribution >= 0.6 is 0 Å². The van der Waals surface area contributed by atoms with Crippen molar-refractivity contribution < 1.29 is 13.2 Å². The van der Waals surface area contributed by atoms with Gasteiger partial charge in [-0.05, 0) is 36.5 Å². The minimum atomic E-state index is -3.71. The Kier molecular flexibility index (Phi) is 8.45. The SMILES string of the molecule is CCC1CCCC(NC(=NCc2ccc(S(N)(=O)=O)cc2)NCC(=O)N(C)C)C1. The highest BCUT2D eigenvalue weighted by molar-refractivity contribution is 7.89. The number of nitrogens with two attached hydrogens (primary N) is 1.